The fourth-order valence-corrected chi connectivity index (χ4v) is 5.60. The third kappa shape index (κ3) is 6.65. The van der Waals surface area contributed by atoms with Gasteiger partial charge in [0.25, 0.3) is 6.10 Å². The van der Waals surface area contributed by atoms with Crippen LogP contribution >= 0.6 is 0 Å². The van der Waals surface area contributed by atoms with Crippen molar-refractivity contribution in [1.29, 1.82) is 0 Å². The van der Waals surface area contributed by atoms with Crippen molar-refractivity contribution in [1.82, 2.24) is 9.80 Å². The van der Waals surface area contributed by atoms with Crippen LogP contribution in [-0.4, -0.2) is 79.8 Å². The molecule has 0 unspecified atom stereocenters. The highest BCUT2D eigenvalue weighted by Gasteiger charge is 2.60. The van der Waals surface area contributed by atoms with Crippen LogP contribution in [0.1, 0.15) is 36.8 Å². The minimum atomic E-state index is -5.81. The van der Waals surface area contributed by atoms with Crippen LogP contribution in [-0.2, 0) is 17.5 Å². The van der Waals surface area contributed by atoms with Crippen LogP contribution < -0.4 is 4.90 Å². The van der Waals surface area contributed by atoms with Crippen LogP contribution in [0.5, 0.6) is 0 Å². The topological polar surface area (TPSA) is 36.0 Å². The predicted octanol–water partition coefficient (Wildman–Crippen LogP) is 6.17. The number of hydrogen-bond donors (Lipinski definition) is 0. The molecule has 0 atom stereocenters. The molecule has 1 amide bonds. The second kappa shape index (κ2) is 10.5. The molecular formula is C24H27F10N3O2. The standard InChI is InChI=1S/C24H27F10N3O2/c25-15-4-8-36(9-5-15)18-3-1-2-17(22(26,27)28)16(18)12-35-13-21(14-35)6-10-37(11-7-21)20(38)39-19(23(29,30)31)24(32,33)34/h1-3,15,19H,4-14H2. The number of amides is 1. The molecule has 3 heterocycles. The van der Waals surface area contributed by atoms with E-state index < -0.39 is 47.9 Å². The Morgan fingerprint density at radius 3 is 2.00 bits per heavy atom. The van der Waals surface area contributed by atoms with Gasteiger partial charge in [-0.2, -0.15) is 39.5 Å². The number of ether oxygens (including phenoxy) is 1. The average molecular weight is 579 g/mol. The summed E-state index contributed by atoms with van der Waals surface area (Å²) in [6.07, 6.45) is -22.3. The molecule has 3 saturated heterocycles. The molecule has 3 aliphatic heterocycles. The fraction of sp³-hybridized carbons (Fsp3) is 0.708. The van der Waals surface area contributed by atoms with Crippen LogP contribution in [0.3, 0.4) is 0 Å². The van der Waals surface area contributed by atoms with E-state index in [0.717, 1.165) is 11.0 Å². The third-order valence-corrected chi connectivity index (χ3v) is 7.62. The summed E-state index contributed by atoms with van der Waals surface area (Å²) in [7, 11) is 0. The molecule has 15 heteroatoms. The summed E-state index contributed by atoms with van der Waals surface area (Å²) in [6.45, 7) is 0.954. The minimum Gasteiger partial charge on any atom is -0.426 e. The molecule has 0 aromatic heterocycles. The van der Waals surface area contributed by atoms with Gasteiger partial charge in [0.15, 0.2) is 0 Å². The number of rotatable bonds is 4. The van der Waals surface area contributed by atoms with Crippen molar-refractivity contribution in [3.63, 3.8) is 0 Å². The second-order valence-corrected chi connectivity index (χ2v) is 10.4. The van der Waals surface area contributed by atoms with Gasteiger partial charge < -0.3 is 14.5 Å². The van der Waals surface area contributed by atoms with E-state index in [2.05, 4.69) is 4.74 Å². The molecule has 3 aliphatic rings. The molecule has 39 heavy (non-hydrogen) atoms. The number of carbonyl (C=O) groups is 1. The van der Waals surface area contributed by atoms with E-state index in [4.69, 9.17) is 0 Å². The molecule has 4 rings (SSSR count). The van der Waals surface area contributed by atoms with Crippen molar-refractivity contribution in [2.45, 2.75) is 63.0 Å². The number of benzene rings is 1. The number of carbonyl (C=O) groups excluding carboxylic acids is 1. The Morgan fingerprint density at radius 1 is 0.923 bits per heavy atom. The van der Waals surface area contributed by atoms with E-state index in [1.54, 1.807) is 15.9 Å². The molecule has 1 aromatic rings. The van der Waals surface area contributed by atoms with Gasteiger partial charge in [0.1, 0.15) is 6.17 Å². The highest BCUT2D eigenvalue weighted by Crippen LogP contribution is 2.44. The van der Waals surface area contributed by atoms with Crippen molar-refractivity contribution < 1.29 is 53.4 Å². The zero-order valence-corrected chi connectivity index (χ0v) is 20.6. The first-order valence-corrected chi connectivity index (χ1v) is 12.4. The number of halogens is 10. The number of likely N-dealkylation sites (tertiary alicyclic amines) is 2. The van der Waals surface area contributed by atoms with Crippen LogP contribution in [0.25, 0.3) is 0 Å². The molecular weight excluding hydrogens is 552 g/mol. The van der Waals surface area contributed by atoms with Crippen molar-refractivity contribution >= 4 is 11.8 Å². The number of hydrogen-bond acceptors (Lipinski definition) is 4. The summed E-state index contributed by atoms with van der Waals surface area (Å²) in [5.74, 6) is 0. The maximum Gasteiger partial charge on any atom is 0.434 e. The van der Waals surface area contributed by atoms with Crippen molar-refractivity contribution in [2.24, 2.45) is 5.41 Å². The Morgan fingerprint density at radius 2 is 1.49 bits per heavy atom. The molecule has 5 nitrogen and oxygen atoms in total. The molecule has 0 N–H and O–H groups in total. The van der Waals surface area contributed by atoms with E-state index in [0.29, 0.717) is 18.8 Å². The van der Waals surface area contributed by atoms with Gasteiger partial charge in [-0.1, -0.05) is 6.07 Å². The van der Waals surface area contributed by atoms with Crippen molar-refractivity contribution in [2.75, 3.05) is 44.2 Å². The first-order chi connectivity index (χ1) is 18.0. The Hall–Kier alpha value is -2.45. The Bertz CT molecular complexity index is 1000. The van der Waals surface area contributed by atoms with E-state index in [-0.39, 0.29) is 64.0 Å². The maximum atomic E-state index is 13.8. The number of piperidine rings is 2. The zero-order chi connectivity index (χ0) is 28.8. The highest BCUT2D eigenvalue weighted by molar-refractivity contribution is 5.68. The zero-order valence-electron chi connectivity index (χ0n) is 20.6. The Labute approximate surface area is 217 Å². The lowest BCUT2D eigenvalue weighted by molar-refractivity contribution is -0.308. The van der Waals surface area contributed by atoms with E-state index in [1.807, 2.05) is 0 Å². The van der Waals surface area contributed by atoms with Gasteiger partial charge in [-0.25, -0.2) is 9.18 Å². The van der Waals surface area contributed by atoms with Crippen LogP contribution in [0, 0.1) is 5.41 Å². The van der Waals surface area contributed by atoms with E-state index in [1.165, 1.54) is 6.07 Å². The largest absolute Gasteiger partial charge is 0.434 e. The van der Waals surface area contributed by atoms with Crippen LogP contribution in [0.15, 0.2) is 18.2 Å². The average Bonchev–Trinajstić information content (AvgIpc) is 2.80. The molecule has 0 bridgehead atoms. The molecule has 3 fully saturated rings. The summed E-state index contributed by atoms with van der Waals surface area (Å²) >= 11 is 0. The first kappa shape index (κ1) is 29.5. The summed E-state index contributed by atoms with van der Waals surface area (Å²) in [4.78, 5) is 16.3. The predicted molar refractivity (Wildman–Crippen MR) is 119 cm³/mol. The molecule has 0 aliphatic carbocycles. The molecule has 220 valence electrons. The SMILES string of the molecule is O=C(OC(C(F)(F)F)C(F)(F)F)N1CCC2(CC1)CN(Cc1c(N3CCC(F)CC3)cccc1C(F)(F)F)C2. The highest BCUT2D eigenvalue weighted by atomic mass is 19.4. The van der Waals surface area contributed by atoms with Crippen LogP contribution in [0.2, 0.25) is 0 Å². The van der Waals surface area contributed by atoms with Crippen molar-refractivity contribution in [3.8, 4) is 0 Å². The smallest absolute Gasteiger partial charge is 0.426 e. The Kier molecular flexibility index (Phi) is 7.96. The monoisotopic (exact) mass is 579 g/mol. The van der Waals surface area contributed by atoms with Gasteiger partial charge in [0.2, 0.25) is 0 Å². The number of nitrogens with zero attached hydrogens (tertiary/aromatic N) is 3. The van der Waals surface area contributed by atoms with Gasteiger partial charge in [-0.3, -0.25) is 4.90 Å². The summed E-state index contributed by atoms with van der Waals surface area (Å²) in [5, 5.41) is 0. The number of alkyl halides is 10. The number of anilines is 1. The van der Waals surface area contributed by atoms with Gasteiger partial charge in [0.05, 0.1) is 5.56 Å². The molecule has 1 spiro atoms. The maximum absolute atomic E-state index is 13.8. The summed E-state index contributed by atoms with van der Waals surface area (Å²) in [5.41, 5.74) is -0.753. The summed E-state index contributed by atoms with van der Waals surface area (Å²) < 4.78 is 135. The molecule has 0 saturated carbocycles. The molecule has 0 radical (unpaired) electrons. The van der Waals surface area contributed by atoms with Gasteiger partial charge >= 0.3 is 24.6 Å². The lowest BCUT2D eigenvalue weighted by atomic mass is 9.72. The van der Waals surface area contributed by atoms with Crippen molar-refractivity contribution in [3.05, 3.63) is 29.3 Å². The van der Waals surface area contributed by atoms with E-state index >= 15 is 0 Å². The minimum absolute atomic E-state index is 0.0348. The van der Waals surface area contributed by atoms with E-state index in [9.17, 15) is 48.7 Å². The lowest BCUT2D eigenvalue weighted by Gasteiger charge is -2.54. The Balaban J connectivity index is 1.38. The molecule has 1 aromatic carbocycles. The fourth-order valence-electron chi connectivity index (χ4n) is 5.60. The summed E-state index contributed by atoms with van der Waals surface area (Å²) in [6, 6.07) is 3.89. The lowest BCUT2D eigenvalue weighted by Crippen LogP contribution is -2.60. The van der Waals surface area contributed by atoms with Gasteiger partial charge in [-0.05, 0) is 43.2 Å². The normalized spacial score (nSPS) is 21.4. The van der Waals surface area contributed by atoms with Gasteiger partial charge in [0, 0.05) is 57.1 Å². The first-order valence-electron chi connectivity index (χ1n) is 12.4. The van der Waals surface area contributed by atoms with Gasteiger partial charge in [-0.15, -0.1) is 0 Å². The quantitative estimate of drug-likeness (QED) is 0.400. The third-order valence-electron chi connectivity index (χ3n) is 7.62. The van der Waals surface area contributed by atoms with Crippen LogP contribution in [0.4, 0.5) is 54.4 Å². The second-order valence-electron chi connectivity index (χ2n) is 10.4.